The Morgan fingerprint density at radius 1 is 1.07 bits per heavy atom. The minimum Gasteiger partial charge on any atom is -0.372 e. The Morgan fingerprint density at radius 2 is 1.83 bits per heavy atom. The van der Waals surface area contributed by atoms with Gasteiger partial charge in [0.1, 0.15) is 9.22 Å². The third-order valence-electron chi connectivity index (χ3n) is 5.13. The number of hydrogen-bond acceptors (Lipinski definition) is 6. The standard InChI is InChI=1S/C21H25N3O2S3/c1-2-18-15-28-21(23-18)17-12-20(27-14-17)29(25,26)22-13-16-6-8-19(9-7-16)24-10-4-3-5-11-24/h6-9,12,14-15,22H,2-5,10-11,13H2,1H3. The van der Waals surface area contributed by atoms with E-state index >= 15 is 0 Å². The molecule has 3 heterocycles. The number of hydrogen-bond donors (Lipinski definition) is 1. The van der Waals surface area contributed by atoms with E-state index in [0.29, 0.717) is 4.21 Å². The maximum absolute atomic E-state index is 12.7. The predicted molar refractivity (Wildman–Crippen MR) is 121 cm³/mol. The molecule has 1 fully saturated rings. The Kier molecular flexibility index (Phi) is 6.34. The second-order valence-corrected chi connectivity index (χ2v) is 11.0. The number of sulfonamides is 1. The number of piperidine rings is 1. The monoisotopic (exact) mass is 447 g/mol. The van der Waals surface area contributed by atoms with Crippen molar-refractivity contribution in [3.63, 3.8) is 0 Å². The van der Waals surface area contributed by atoms with Gasteiger partial charge in [0, 0.05) is 41.6 Å². The van der Waals surface area contributed by atoms with E-state index in [1.165, 1.54) is 36.3 Å². The lowest BCUT2D eigenvalue weighted by atomic mass is 10.1. The molecule has 1 aliphatic heterocycles. The van der Waals surface area contributed by atoms with Crippen molar-refractivity contribution in [2.24, 2.45) is 0 Å². The van der Waals surface area contributed by atoms with Crippen LogP contribution < -0.4 is 9.62 Å². The SMILES string of the molecule is CCc1csc(-c2csc(S(=O)(=O)NCc3ccc(N4CCCCC4)cc3)c2)n1. The fraction of sp³-hybridized carbons (Fsp3) is 0.381. The Balaban J connectivity index is 1.40. The van der Waals surface area contributed by atoms with Gasteiger partial charge in [-0.05, 0) is 49.4 Å². The highest BCUT2D eigenvalue weighted by Gasteiger charge is 2.18. The van der Waals surface area contributed by atoms with Gasteiger partial charge in [-0.1, -0.05) is 19.1 Å². The quantitative estimate of drug-likeness (QED) is 0.559. The minimum absolute atomic E-state index is 0.285. The maximum atomic E-state index is 12.7. The van der Waals surface area contributed by atoms with Crippen LogP contribution in [-0.4, -0.2) is 26.5 Å². The molecule has 29 heavy (non-hydrogen) atoms. The highest BCUT2D eigenvalue weighted by molar-refractivity contribution is 7.91. The molecule has 0 saturated carbocycles. The number of thiazole rings is 1. The number of anilines is 1. The number of nitrogens with one attached hydrogen (secondary N) is 1. The number of benzene rings is 1. The summed E-state index contributed by atoms with van der Waals surface area (Å²) in [6, 6.07) is 9.91. The zero-order valence-electron chi connectivity index (χ0n) is 16.4. The van der Waals surface area contributed by atoms with Crippen molar-refractivity contribution in [3.05, 3.63) is 52.3 Å². The Labute approximate surface area is 180 Å². The first kappa shape index (κ1) is 20.5. The van der Waals surface area contributed by atoms with Crippen molar-refractivity contribution in [2.45, 2.75) is 43.4 Å². The maximum Gasteiger partial charge on any atom is 0.250 e. The predicted octanol–water partition coefficient (Wildman–Crippen LogP) is 4.90. The summed E-state index contributed by atoms with van der Waals surface area (Å²) in [7, 11) is -3.54. The van der Waals surface area contributed by atoms with Crippen LogP contribution in [0.5, 0.6) is 0 Å². The van der Waals surface area contributed by atoms with Crippen LogP contribution in [0.15, 0.2) is 45.3 Å². The minimum atomic E-state index is -3.54. The van der Waals surface area contributed by atoms with Gasteiger partial charge in [0.15, 0.2) is 0 Å². The molecule has 4 rings (SSSR count). The Morgan fingerprint density at radius 3 is 2.52 bits per heavy atom. The van der Waals surface area contributed by atoms with E-state index in [0.717, 1.165) is 41.3 Å². The molecular formula is C21H25N3O2S3. The first-order valence-electron chi connectivity index (χ1n) is 9.92. The summed E-state index contributed by atoms with van der Waals surface area (Å²) in [6.45, 7) is 4.55. The van der Waals surface area contributed by atoms with E-state index in [2.05, 4.69) is 33.7 Å². The van der Waals surface area contributed by atoms with Gasteiger partial charge in [0.05, 0.1) is 5.69 Å². The lowest BCUT2D eigenvalue weighted by molar-refractivity contribution is 0.577. The number of nitrogens with zero attached hydrogens (tertiary/aromatic N) is 2. The summed E-state index contributed by atoms with van der Waals surface area (Å²) in [6.07, 6.45) is 4.67. The van der Waals surface area contributed by atoms with E-state index in [9.17, 15) is 8.42 Å². The molecule has 3 aromatic rings. The fourth-order valence-electron chi connectivity index (χ4n) is 3.40. The second-order valence-electron chi connectivity index (χ2n) is 7.19. The first-order valence-corrected chi connectivity index (χ1v) is 13.2. The van der Waals surface area contributed by atoms with Gasteiger partial charge < -0.3 is 4.90 Å². The highest BCUT2D eigenvalue weighted by atomic mass is 32.2. The topological polar surface area (TPSA) is 62.3 Å². The number of rotatable bonds is 7. The molecule has 1 saturated heterocycles. The van der Waals surface area contributed by atoms with Gasteiger partial charge in [-0.3, -0.25) is 0 Å². The summed E-state index contributed by atoms with van der Waals surface area (Å²) in [5, 5.41) is 4.75. The summed E-state index contributed by atoms with van der Waals surface area (Å²) >= 11 is 2.78. The van der Waals surface area contributed by atoms with E-state index in [4.69, 9.17) is 0 Å². The molecule has 0 radical (unpaired) electrons. The van der Waals surface area contributed by atoms with Crippen LogP contribution in [-0.2, 0) is 23.0 Å². The molecule has 2 aromatic heterocycles. The van der Waals surface area contributed by atoms with Crippen molar-refractivity contribution >= 4 is 38.4 Å². The van der Waals surface area contributed by atoms with Crippen LogP contribution in [0.4, 0.5) is 5.69 Å². The normalized spacial score (nSPS) is 15.0. The fourth-order valence-corrected chi connectivity index (χ4v) is 6.59. The van der Waals surface area contributed by atoms with Crippen LogP contribution in [0.1, 0.15) is 37.4 Å². The van der Waals surface area contributed by atoms with Crippen LogP contribution in [0.25, 0.3) is 10.6 Å². The molecule has 1 aromatic carbocycles. The van der Waals surface area contributed by atoms with Crippen LogP contribution in [0.2, 0.25) is 0 Å². The van der Waals surface area contributed by atoms with Crippen molar-refractivity contribution in [2.75, 3.05) is 18.0 Å². The van der Waals surface area contributed by atoms with E-state index in [1.54, 1.807) is 17.4 Å². The Bertz CT molecular complexity index is 1050. The molecule has 5 nitrogen and oxygen atoms in total. The molecular weight excluding hydrogens is 422 g/mol. The van der Waals surface area contributed by atoms with E-state index in [-0.39, 0.29) is 6.54 Å². The molecule has 8 heteroatoms. The van der Waals surface area contributed by atoms with Crippen LogP contribution in [0.3, 0.4) is 0 Å². The third kappa shape index (κ3) is 4.88. The zero-order chi connectivity index (χ0) is 20.3. The molecule has 0 spiro atoms. The molecule has 154 valence electrons. The van der Waals surface area contributed by atoms with Gasteiger partial charge in [-0.15, -0.1) is 22.7 Å². The van der Waals surface area contributed by atoms with Gasteiger partial charge in [0.2, 0.25) is 10.0 Å². The van der Waals surface area contributed by atoms with Crippen molar-refractivity contribution in [3.8, 4) is 10.6 Å². The van der Waals surface area contributed by atoms with Crippen molar-refractivity contribution in [1.29, 1.82) is 0 Å². The average Bonchev–Trinajstić information content (AvgIpc) is 3.43. The van der Waals surface area contributed by atoms with Crippen molar-refractivity contribution < 1.29 is 8.42 Å². The second kappa shape index (κ2) is 8.95. The average molecular weight is 448 g/mol. The Hall–Kier alpha value is -1.74. The summed E-state index contributed by atoms with van der Waals surface area (Å²) in [5.41, 5.74) is 4.07. The van der Waals surface area contributed by atoms with Gasteiger partial charge >= 0.3 is 0 Å². The first-order chi connectivity index (χ1) is 14.0. The summed E-state index contributed by atoms with van der Waals surface area (Å²) in [5.74, 6) is 0. The largest absolute Gasteiger partial charge is 0.372 e. The molecule has 0 atom stereocenters. The lowest BCUT2D eigenvalue weighted by Gasteiger charge is -2.28. The van der Waals surface area contributed by atoms with Gasteiger partial charge in [-0.2, -0.15) is 0 Å². The van der Waals surface area contributed by atoms with Gasteiger partial charge in [0.25, 0.3) is 0 Å². The number of aryl methyl sites for hydroxylation is 1. The zero-order valence-corrected chi connectivity index (χ0v) is 18.9. The number of aromatic nitrogens is 1. The van der Waals surface area contributed by atoms with Gasteiger partial charge in [-0.25, -0.2) is 18.1 Å². The molecule has 1 N–H and O–H groups in total. The molecule has 1 aliphatic rings. The summed E-state index contributed by atoms with van der Waals surface area (Å²) < 4.78 is 28.4. The third-order valence-corrected chi connectivity index (χ3v) is 8.91. The highest BCUT2D eigenvalue weighted by Crippen LogP contribution is 2.31. The molecule has 0 amide bonds. The smallest absolute Gasteiger partial charge is 0.250 e. The molecule has 0 bridgehead atoms. The van der Waals surface area contributed by atoms with Crippen LogP contribution in [0, 0.1) is 0 Å². The van der Waals surface area contributed by atoms with Crippen LogP contribution >= 0.6 is 22.7 Å². The van der Waals surface area contributed by atoms with E-state index in [1.807, 2.05) is 22.9 Å². The molecule has 0 aliphatic carbocycles. The van der Waals surface area contributed by atoms with Crippen molar-refractivity contribution in [1.82, 2.24) is 9.71 Å². The molecule has 0 unspecified atom stereocenters. The number of thiophene rings is 1. The summed E-state index contributed by atoms with van der Waals surface area (Å²) in [4.78, 5) is 6.94. The lowest BCUT2D eigenvalue weighted by Crippen LogP contribution is -2.29. The van der Waals surface area contributed by atoms with E-state index < -0.39 is 10.0 Å².